The predicted molar refractivity (Wildman–Crippen MR) is 121 cm³/mol. The molecule has 1 aromatic rings. The summed E-state index contributed by atoms with van der Waals surface area (Å²) in [5, 5.41) is 11.5. The van der Waals surface area contributed by atoms with Gasteiger partial charge < -0.3 is 10.6 Å². The van der Waals surface area contributed by atoms with Gasteiger partial charge in [-0.25, -0.2) is 0 Å². The number of aromatic nitrogens is 2. The lowest BCUT2D eigenvalue weighted by Crippen LogP contribution is -2.46. The minimum Gasteiger partial charge on any atom is -0.357 e. The monoisotopic (exact) mass is 495 g/mol. The van der Waals surface area contributed by atoms with Crippen molar-refractivity contribution in [3.05, 3.63) is 18.5 Å². The molecule has 0 aliphatic heterocycles. The SMILES string of the molecule is CCNC(=NCC(C)Cn1cccn1)NC1CCCC(S(=O)CC)C1.I. The number of nitrogens with one attached hydrogen (secondary N) is 2. The Morgan fingerprint density at radius 1 is 1.42 bits per heavy atom. The molecule has 1 aliphatic rings. The van der Waals surface area contributed by atoms with Crippen LogP contribution in [-0.4, -0.2) is 50.1 Å². The summed E-state index contributed by atoms with van der Waals surface area (Å²) in [7, 11) is -0.692. The molecule has 1 heterocycles. The van der Waals surface area contributed by atoms with E-state index in [1.165, 1.54) is 0 Å². The van der Waals surface area contributed by atoms with E-state index in [-0.39, 0.29) is 24.0 Å². The maximum absolute atomic E-state index is 12.1. The Labute approximate surface area is 177 Å². The molecule has 1 aromatic heterocycles. The Bertz CT molecular complexity index is 552. The molecular formula is C18H34IN5OS. The van der Waals surface area contributed by atoms with E-state index in [9.17, 15) is 4.21 Å². The first kappa shape index (κ1) is 23.4. The van der Waals surface area contributed by atoms with Crippen molar-refractivity contribution in [2.45, 2.75) is 64.3 Å². The van der Waals surface area contributed by atoms with Crippen molar-refractivity contribution in [3.63, 3.8) is 0 Å². The molecule has 0 amide bonds. The highest BCUT2D eigenvalue weighted by Crippen LogP contribution is 2.23. The maximum Gasteiger partial charge on any atom is 0.191 e. The zero-order valence-electron chi connectivity index (χ0n) is 16.2. The van der Waals surface area contributed by atoms with E-state index in [2.05, 4.69) is 29.6 Å². The lowest BCUT2D eigenvalue weighted by Gasteiger charge is -2.30. The van der Waals surface area contributed by atoms with Crippen molar-refractivity contribution < 1.29 is 4.21 Å². The van der Waals surface area contributed by atoms with Crippen LogP contribution in [0.15, 0.2) is 23.5 Å². The van der Waals surface area contributed by atoms with Gasteiger partial charge in [-0.15, -0.1) is 24.0 Å². The molecule has 2 N–H and O–H groups in total. The highest BCUT2D eigenvalue weighted by atomic mass is 127. The number of nitrogens with zero attached hydrogens (tertiary/aromatic N) is 3. The summed E-state index contributed by atoms with van der Waals surface area (Å²) in [6, 6.07) is 2.31. The van der Waals surface area contributed by atoms with E-state index < -0.39 is 10.8 Å². The topological polar surface area (TPSA) is 71.3 Å². The molecule has 150 valence electrons. The zero-order chi connectivity index (χ0) is 18.1. The van der Waals surface area contributed by atoms with Crippen LogP contribution in [0.4, 0.5) is 0 Å². The Morgan fingerprint density at radius 2 is 2.23 bits per heavy atom. The van der Waals surface area contributed by atoms with Crippen LogP contribution >= 0.6 is 24.0 Å². The zero-order valence-corrected chi connectivity index (χ0v) is 19.3. The van der Waals surface area contributed by atoms with Gasteiger partial charge in [0, 0.05) is 59.9 Å². The van der Waals surface area contributed by atoms with Crippen LogP contribution in [0.5, 0.6) is 0 Å². The first-order valence-electron chi connectivity index (χ1n) is 9.51. The predicted octanol–water partition coefficient (Wildman–Crippen LogP) is 2.77. The molecule has 4 unspecified atom stereocenters. The van der Waals surface area contributed by atoms with Crippen LogP contribution in [-0.2, 0) is 17.3 Å². The van der Waals surface area contributed by atoms with E-state index in [1.54, 1.807) is 6.20 Å². The molecule has 26 heavy (non-hydrogen) atoms. The minimum atomic E-state index is -0.692. The highest BCUT2D eigenvalue weighted by molar-refractivity contribution is 14.0. The standard InChI is InChI=1S/C18H33N5OS.HI/c1-4-19-18(20-13-15(3)14-23-11-7-10-21-23)22-16-8-6-9-17(12-16)25(24)5-2;/h7,10-11,15-17H,4-6,8-9,12-14H2,1-3H3,(H2,19,20,22);1H. The Hall–Kier alpha value is -0.640. The van der Waals surface area contributed by atoms with Crippen molar-refractivity contribution in [2.24, 2.45) is 10.9 Å². The second kappa shape index (κ2) is 12.7. The Balaban J connectivity index is 0.00000338. The molecule has 2 rings (SSSR count). The normalized spacial score (nSPS) is 23.0. The fourth-order valence-electron chi connectivity index (χ4n) is 3.30. The second-order valence-corrected chi connectivity index (χ2v) is 8.86. The molecule has 0 radical (unpaired) electrons. The van der Waals surface area contributed by atoms with Gasteiger partial charge in [0.25, 0.3) is 0 Å². The third-order valence-corrected chi connectivity index (χ3v) is 6.33. The summed E-state index contributed by atoms with van der Waals surface area (Å²) in [5.74, 6) is 2.06. The van der Waals surface area contributed by atoms with Crippen molar-refractivity contribution in [1.82, 2.24) is 20.4 Å². The molecule has 1 aliphatic carbocycles. The maximum atomic E-state index is 12.1. The molecule has 4 atom stereocenters. The quantitative estimate of drug-likeness (QED) is 0.331. The van der Waals surface area contributed by atoms with Crippen molar-refractivity contribution in [2.75, 3.05) is 18.8 Å². The summed E-state index contributed by atoms with van der Waals surface area (Å²) in [6.07, 6.45) is 8.13. The van der Waals surface area contributed by atoms with E-state index >= 15 is 0 Å². The second-order valence-electron chi connectivity index (χ2n) is 6.85. The van der Waals surface area contributed by atoms with Crippen molar-refractivity contribution >= 4 is 40.7 Å². The lowest BCUT2D eigenvalue weighted by molar-refractivity contribution is 0.412. The largest absolute Gasteiger partial charge is 0.357 e. The number of rotatable bonds is 8. The third kappa shape index (κ3) is 7.94. The first-order valence-corrected chi connectivity index (χ1v) is 10.9. The van der Waals surface area contributed by atoms with Crippen molar-refractivity contribution in [3.8, 4) is 0 Å². The van der Waals surface area contributed by atoms with E-state index in [1.807, 2.05) is 23.9 Å². The third-order valence-electron chi connectivity index (χ3n) is 4.59. The van der Waals surface area contributed by atoms with Crippen LogP contribution in [0, 0.1) is 5.92 Å². The molecule has 1 fully saturated rings. The van der Waals surface area contributed by atoms with Gasteiger partial charge in [0.05, 0.1) is 0 Å². The summed E-state index contributed by atoms with van der Waals surface area (Å²) in [5.41, 5.74) is 0. The Kier molecular flexibility index (Phi) is 11.4. The fraction of sp³-hybridized carbons (Fsp3) is 0.778. The summed E-state index contributed by atoms with van der Waals surface area (Å²) in [6.45, 7) is 8.76. The highest BCUT2D eigenvalue weighted by Gasteiger charge is 2.26. The summed E-state index contributed by atoms with van der Waals surface area (Å²) < 4.78 is 14.1. The van der Waals surface area contributed by atoms with E-state index in [4.69, 9.17) is 4.99 Å². The molecule has 0 aromatic carbocycles. The van der Waals surface area contributed by atoms with Gasteiger partial charge in [0.15, 0.2) is 5.96 Å². The first-order chi connectivity index (χ1) is 12.1. The van der Waals surface area contributed by atoms with Gasteiger partial charge in [-0.1, -0.05) is 20.3 Å². The van der Waals surface area contributed by atoms with E-state index in [0.29, 0.717) is 17.2 Å². The van der Waals surface area contributed by atoms with Crippen molar-refractivity contribution in [1.29, 1.82) is 0 Å². The van der Waals surface area contributed by atoms with Crippen LogP contribution in [0.1, 0.15) is 46.5 Å². The van der Waals surface area contributed by atoms with Gasteiger partial charge in [0.2, 0.25) is 0 Å². The fourth-order valence-corrected chi connectivity index (χ4v) is 4.64. The molecule has 6 nitrogen and oxygen atoms in total. The van der Waals surface area contributed by atoms with Crippen LogP contribution in [0.2, 0.25) is 0 Å². The van der Waals surface area contributed by atoms with Gasteiger partial charge in [-0.05, 0) is 38.2 Å². The summed E-state index contributed by atoms with van der Waals surface area (Å²) in [4.78, 5) is 4.76. The van der Waals surface area contributed by atoms with Gasteiger partial charge >= 0.3 is 0 Å². The van der Waals surface area contributed by atoms with Crippen LogP contribution < -0.4 is 10.6 Å². The minimum absolute atomic E-state index is 0. The van der Waals surface area contributed by atoms with Gasteiger partial charge in [-0.3, -0.25) is 13.9 Å². The van der Waals surface area contributed by atoms with Gasteiger partial charge in [-0.2, -0.15) is 5.10 Å². The lowest BCUT2D eigenvalue weighted by atomic mass is 9.95. The average molecular weight is 495 g/mol. The number of halogens is 1. The van der Waals surface area contributed by atoms with Crippen LogP contribution in [0.3, 0.4) is 0 Å². The number of aliphatic imine (C=N–C) groups is 1. The molecule has 1 saturated carbocycles. The van der Waals surface area contributed by atoms with Gasteiger partial charge in [0.1, 0.15) is 0 Å². The molecule has 0 saturated heterocycles. The van der Waals surface area contributed by atoms with E-state index in [0.717, 1.165) is 57.0 Å². The molecule has 0 spiro atoms. The van der Waals surface area contributed by atoms with Crippen LogP contribution in [0.25, 0.3) is 0 Å². The summed E-state index contributed by atoms with van der Waals surface area (Å²) >= 11 is 0. The smallest absolute Gasteiger partial charge is 0.191 e. The number of hydrogen-bond acceptors (Lipinski definition) is 3. The number of hydrogen-bond donors (Lipinski definition) is 2. The average Bonchev–Trinajstić information content (AvgIpc) is 3.12. The molecule has 0 bridgehead atoms. The number of guanidine groups is 1. The Morgan fingerprint density at radius 3 is 2.88 bits per heavy atom. The molecular weight excluding hydrogens is 461 g/mol. The molecule has 8 heteroatoms.